The van der Waals surface area contributed by atoms with Crippen molar-refractivity contribution in [2.24, 2.45) is 0 Å². The van der Waals surface area contributed by atoms with Gasteiger partial charge >= 0.3 is 0 Å². The van der Waals surface area contributed by atoms with Crippen molar-refractivity contribution in [3.05, 3.63) is 29.3 Å². The molecule has 86 valence electrons. The van der Waals surface area contributed by atoms with Gasteiger partial charge in [-0.1, -0.05) is 13.8 Å². The molecule has 0 saturated carbocycles. The molecule has 1 rings (SSSR count). The Labute approximate surface area is 102 Å². The SMILES string of the molecule is CCC(C)SCc1cc(C#N)ccc1OC. The number of ether oxygens (including phenoxy) is 1. The van der Waals surface area contributed by atoms with Crippen molar-refractivity contribution in [2.45, 2.75) is 31.3 Å². The van der Waals surface area contributed by atoms with E-state index in [0.29, 0.717) is 10.8 Å². The summed E-state index contributed by atoms with van der Waals surface area (Å²) in [5.41, 5.74) is 1.80. The molecule has 1 aromatic carbocycles. The molecule has 16 heavy (non-hydrogen) atoms. The van der Waals surface area contributed by atoms with E-state index in [-0.39, 0.29) is 0 Å². The fourth-order valence-electron chi connectivity index (χ4n) is 1.31. The van der Waals surface area contributed by atoms with Crippen molar-refractivity contribution >= 4 is 11.8 Å². The summed E-state index contributed by atoms with van der Waals surface area (Å²) >= 11 is 1.89. The highest BCUT2D eigenvalue weighted by atomic mass is 32.2. The molecule has 0 bridgehead atoms. The number of nitriles is 1. The first-order chi connectivity index (χ1) is 7.71. The van der Waals surface area contributed by atoms with Crippen LogP contribution in [0.2, 0.25) is 0 Å². The largest absolute Gasteiger partial charge is 0.496 e. The highest BCUT2D eigenvalue weighted by Gasteiger charge is 2.06. The van der Waals surface area contributed by atoms with Crippen LogP contribution in [0.15, 0.2) is 18.2 Å². The van der Waals surface area contributed by atoms with Gasteiger partial charge in [0.2, 0.25) is 0 Å². The molecule has 0 N–H and O–H groups in total. The van der Waals surface area contributed by atoms with Crippen LogP contribution in [-0.4, -0.2) is 12.4 Å². The zero-order valence-electron chi connectivity index (χ0n) is 9.99. The van der Waals surface area contributed by atoms with E-state index in [2.05, 4.69) is 19.9 Å². The first kappa shape index (κ1) is 12.9. The van der Waals surface area contributed by atoms with Crippen LogP contribution in [0.5, 0.6) is 5.75 Å². The van der Waals surface area contributed by atoms with Crippen LogP contribution < -0.4 is 4.74 Å². The van der Waals surface area contributed by atoms with Gasteiger partial charge in [-0.15, -0.1) is 0 Å². The topological polar surface area (TPSA) is 33.0 Å². The molecule has 0 aliphatic carbocycles. The van der Waals surface area contributed by atoms with Gasteiger partial charge in [0.15, 0.2) is 0 Å². The van der Waals surface area contributed by atoms with Crippen LogP contribution in [0.25, 0.3) is 0 Å². The summed E-state index contributed by atoms with van der Waals surface area (Å²) in [7, 11) is 1.67. The lowest BCUT2D eigenvalue weighted by molar-refractivity contribution is 0.411. The second kappa shape index (κ2) is 6.44. The van der Waals surface area contributed by atoms with Gasteiger partial charge in [0, 0.05) is 16.6 Å². The number of hydrogen-bond acceptors (Lipinski definition) is 3. The van der Waals surface area contributed by atoms with Crippen LogP contribution in [0.1, 0.15) is 31.4 Å². The Morgan fingerprint density at radius 2 is 2.25 bits per heavy atom. The summed E-state index contributed by atoms with van der Waals surface area (Å²) < 4.78 is 5.29. The van der Waals surface area contributed by atoms with Gasteiger partial charge in [0.25, 0.3) is 0 Å². The average molecular weight is 235 g/mol. The van der Waals surface area contributed by atoms with Crippen LogP contribution >= 0.6 is 11.8 Å². The molecule has 2 nitrogen and oxygen atoms in total. The van der Waals surface area contributed by atoms with E-state index in [1.54, 1.807) is 13.2 Å². The summed E-state index contributed by atoms with van der Waals surface area (Å²) in [6.07, 6.45) is 1.16. The lowest BCUT2D eigenvalue weighted by Crippen LogP contribution is -1.96. The van der Waals surface area contributed by atoms with Crippen molar-refractivity contribution in [1.29, 1.82) is 5.26 Å². The Kier molecular flexibility index (Phi) is 5.21. The summed E-state index contributed by atoms with van der Waals surface area (Å²) in [5.74, 6) is 1.77. The Balaban J connectivity index is 2.80. The van der Waals surface area contributed by atoms with Gasteiger partial charge in [-0.2, -0.15) is 17.0 Å². The van der Waals surface area contributed by atoms with Crippen molar-refractivity contribution < 1.29 is 4.74 Å². The van der Waals surface area contributed by atoms with Gasteiger partial charge in [0.05, 0.1) is 18.7 Å². The minimum absolute atomic E-state index is 0.635. The third kappa shape index (κ3) is 3.46. The zero-order chi connectivity index (χ0) is 12.0. The second-order valence-electron chi connectivity index (χ2n) is 3.67. The molecule has 0 heterocycles. The monoisotopic (exact) mass is 235 g/mol. The lowest BCUT2D eigenvalue weighted by atomic mass is 10.1. The molecule has 0 spiro atoms. The average Bonchev–Trinajstić information content (AvgIpc) is 2.35. The number of methoxy groups -OCH3 is 1. The molecule has 0 amide bonds. The van der Waals surface area contributed by atoms with E-state index in [4.69, 9.17) is 10.00 Å². The molecule has 0 aliphatic rings. The molecule has 0 aliphatic heterocycles. The molecule has 0 saturated heterocycles. The maximum Gasteiger partial charge on any atom is 0.122 e. The van der Waals surface area contributed by atoms with E-state index in [1.807, 2.05) is 23.9 Å². The van der Waals surface area contributed by atoms with Gasteiger partial charge in [-0.05, 0) is 24.6 Å². The highest BCUT2D eigenvalue weighted by molar-refractivity contribution is 7.99. The molecule has 0 fully saturated rings. The van der Waals surface area contributed by atoms with Crippen molar-refractivity contribution in [3.8, 4) is 11.8 Å². The molecular formula is C13H17NOS. The standard InChI is InChI=1S/C13H17NOS/c1-4-10(2)16-9-12-7-11(8-14)5-6-13(12)15-3/h5-7,10H,4,9H2,1-3H3. The minimum atomic E-state index is 0.635. The first-order valence-corrected chi connectivity index (χ1v) is 6.44. The van der Waals surface area contributed by atoms with Crippen LogP contribution in [0.3, 0.4) is 0 Å². The lowest BCUT2D eigenvalue weighted by Gasteiger charge is -2.11. The summed E-state index contributed by atoms with van der Waals surface area (Å²) in [6, 6.07) is 7.72. The summed E-state index contributed by atoms with van der Waals surface area (Å²) in [6.45, 7) is 4.39. The molecule has 1 unspecified atom stereocenters. The van der Waals surface area contributed by atoms with Crippen LogP contribution in [0.4, 0.5) is 0 Å². The second-order valence-corrected chi connectivity index (χ2v) is 5.10. The van der Waals surface area contributed by atoms with Crippen molar-refractivity contribution in [1.82, 2.24) is 0 Å². The number of rotatable bonds is 5. The maximum atomic E-state index is 8.85. The molecular weight excluding hydrogens is 218 g/mol. The third-order valence-electron chi connectivity index (χ3n) is 2.51. The number of nitrogens with zero attached hydrogens (tertiary/aromatic N) is 1. The predicted octanol–water partition coefficient (Wildman–Crippen LogP) is 3.60. The van der Waals surface area contributed by atoms with E-state index >= 15 is 0 Å². The Morgan fingerprint density at radius 3 is 2.81 bits per heavy atom. The van der Waals surface area contributed by atoms with Gasteiger partial charge in [-0.25, -0.2) is 0 Å². The Bertz CT molecular complexity index is 384. The quantitative estimate of drug-likeness (QED) is 0.781. The van der Waals surface area contributed by atoms with Gasteiger partial charge < -0.3 is 4.74 Å². The molecule has 0 aromatic heterocycles. The fourth-order valence-corrected chi connectivity index (χ4v) is 2.24. The summed E-state index contributed by atoms with van der Waals surface area (Å²) in [5, 5.41) is 9.49. The number of benzene rings is 1. The molecule has 0 radical (unpaired) electrons. The van der Waals surface area contributed by atoms with Crippen molar-refractivity contribution in [2.75, 3.05) is 7.11 Å². The number of hydrogen-bond donors (Lipinski definition) is 0. The summed E-state index contributed by atoms with van der Waals surface area (Å²) in [4.78, 5) is 0. The zero-order valence-corrected chi connectivity index (χ0v) is 10.8. The Hall–Kier alpha value is -1.14. The van der Waals surface area contributed by atoms with E-state index < -0.39 is 0 Å². The van der Waals surface area contributed by atoms with E-state index in [0.717, 1.165) is 23.5 Å². The Morgan fingerprint density at radius 1 is 1.50 bits per heavy atom. The van der Waals surface area contributed by atoms with Gasteiger partial charge in [0.1, 0.15) is 5.75 Å². The van der Waals surface area contributed by atoms with Crippen LogP contribution in [-0.2, 0) is 5.75 Å². The van der Waals surface area contributed by atoms with E-state index in [1.165, 1.54) is 0 Å². The molecule has 1 aromatic rings. The smallest absolute Gasteiger partial charge is 0.122 e. The number of thioether (sulfide) groups is 1. The fraction of sp³-hybridized carbons (Fsp3) is 0.462. The highest BCUT2D eigenvalue weighted by Crippen LogP contribution is 2.27. The third-order valence-corrected chi connectivity index (χ3v) is 3.89. The normalized spacial score (nSPS) is 11.9. The first-order valence-electron chi connectivity index (χ1n) is 5.39. The maximum absolute atomic E-state index is 8.85. The molecule has 3 heteroatoms. The van der Waals surface area contributed by atoms with Crippen LogP contribution in [0, 0.1) is 11.3 Å². The van der Waals surface area contributed by atoms with E-state index in [9.17, 15) is 0 Å². The minimum Gasteiger partial charge on any atom is -0.496 e. The van der Waals surface area contributed by atoms with Gasteiger partial charge in [-0.3, -0.25) is 0 Å². The predicted molar refractivity (Wildman–Crippen MR) is 68.8 cm³/mol. The van der Waals surface area contributed by atoms with Crippen molar-refractivity contribution in [3.63, 3.8) is 0 Å². The molecule has 1 atom stereocenters.